The van der Waals surface area contributed by atoms with Gasteiger partial charge in [0.1, 0.15) is 4.38 Å². The van der Waals surface area contributed by atoms with Crippen LogP contribution in [0, 0.1) is 0 Å². The summed E-state index contributed by atoms with van der Waals surface area (Å²) in [6.45, 7) is 0. The maximum atomic E-state index is 4.31. The Morgan fingerprint density at radius 2 is 1.93 bits per heavy atom. The Morgan fingerprint density at radius 3 is 2.36 bits per heavy atom. The van der Waals surface area contributed by atoms with E-state index in [0.29, 0.717) is 5.95 Å². The second-order valence-corrected chi connectivity index (χ2v) is 4.93. The molecule has 0 aliphatic carbocycles. The number of thioether (sulfide) groups is 3. The minimum Gasteiger partial charge on any atom is -0.242 e. The number of nitrogens with zero attached hydrogens (tertiary/aromatic N) is 4. The fourth-order valence-electron chi connectivity index (χ4n) is 0.839. The van der Waals surface area contributed by atoms with Gasteiger partial charge >= 0.3 is 0 Å². The minimum absolute atomic E-state index is 0.538. The van der Waals surface area contributed by atoms with Crippen LogP contribution in [0.2, 0.25) is 0 Å². The Bertz CT molecular complexity index is 328. The number of aryl methyl sites for hydroxylation is 1. The summed E-state index contributed by atoms with van der Waals surface area (Å²) < 4.78 is 2.71. The zero-order valence-corrected chi connectivity index (χ0v) is 11.0. The Morgan fingerprint density at radius 1 is 1.29 bits per heavy atom. The molecule has 0 atom stereocenters. The van der Waals surface area contributed by atoms with Crippen LogP contribution in [0.1, 0.15) is 0 Å². The van der Waals surface area contributed by atoms with Crippen LogP contribution in [0.3, 0.4) is 0 Å². The van der Waals surface area contributed by atoms with Gasteiger partial charge in [0, 0.05) is 7.05 Å². The van der Waals surface area contributed by atoms with E-state index in [4.69, 9.17) is 0 Å². The number of hydrogen-bond donors (Lipinski definition) is 0. The molecule has 1 heterocycles. The molecule has 0 unspecified atom stereocenters. The first-order chi connectivity index (χ1) is 6.71. The van der Waals surface area contributed by atoms with Crippen LogP contribution >= 0.6 is 35.3 Å². The van der Waals surface area contributed by atoms with Crippen molar-refractivity contribution in [2.75, 3.05) is 18.8 Å². The molecule has 0 fully saturated rings. The summed E-state index contributed by atoms with van der Waals surface area (Å²) in [6.07, 6.45) is 5.96. The van der Waals surface area contributed by atoms with Gasteiger partial charge < -0.3 is 0 Å². The Hall–Kier alpha value is -0.140. The molecule has 0 N–H and O–H groups in total. The quantitative estimate of drug-likeness (QED) is 0.456. The lowest BCUT2D eigenvalue weighted by Gasteiger charge is -1.93. The lowest BCUT2D eigenvalue weighted by molar-refractivity contribution is 0.686. The Labute approximate surface area is 96.3 Å². The number of rotatable bonds is 2. The van der Waals surface area contributed by atoms with Crippen molar-refractivity contribution in [1.29, 1.82) is 0 Å². The predicted octanol–water partition coefficient (Wildman–Crippen LogP) is 2.25. The van der Waals surface area contributed by atoms with Crippen molar-refractivity contribution in [2.45, 2.75) is 5.16 Å². The molecule has 0 amide bonds. The van der Waals surface area contributed by atoms with Gasteiger partial charge in [-0.25, -0.2) is 4.68 Å². The highest BCUT2D eigenvalue weighted by molar-refractivity contribution is 8.38. The molecule has 0 saturated carbocycles. The predicted molar refractivity (Wildman–Crippen MR) is 66.9 cm³/mol. The van der Waals surface area contributed by atoms with Gasteiger partial charge in [0.15, 0.2) is 5.16 Å². The van der Waals surface area contributed by atoms with Crippen LogP contribution in [0.5, 0.6) is 0 Å². The molecular weight excluding hydrogens is 236 g/mol. The fraction of sp³-hybridized carbons (Fsp3) is 0.571. The molecule has 0 radical (unpaired) electrons. The summed E-state index contributed by atoms with van der Waals surface area (Å²) in [5.41, 5.74) is 0. The van der Waals surface area contributed by atoms with E-state index in [-0.39, 0.29) is 0 Å². The standard InChI is InChI=1S/C7H12N4S3/c1-11-6(12-2)8-5(10-11)9-7(13-3)14-4/h1-4H3. The third-order valence-corrected chi connectivity index (χ3v) is 4.04. The Kier molecular flexibility index (Phi) is 4.83. The highest BCUT2D eigenvalue weighted by Crippen LogP contribution is 2.19. The summed E-state index contributed by atoms with van der Waals surface area (Å²) in [6, 6.07) is 0. The highest BCUT2D eigenvalue weighted by atomic mass is 32.2. The van der Waals surface area contributed by atoms with Crippen molar-refractivity contribution in [1.82, 2.24) is 14.8 Å². The van der Waals surface area contributed by atoms with Crippen LogP contribution in [-0.4, -0.2) is 37.9 Å². The average molecular weight is 248 g/mol. The summed E-state index contributed by atoms with van der Waals surface area (Å²) in [7, 11) is 1.87. The average Bonchev–Trinajstić information content (AvgIpc) is 2.55. The molecule has 0 aromatic carbocycles. The van der Waals surface area contributed by atoms with Crippen molar-refractivity contribution in [2.24, 2.45) is 12.0 Å². The van der Waals surface area contributed by atoms with Crippen LogP contribution in [-0.2, 0) is 7.05 Å². The monoisotopic (exact) mass is 248 g/mol. The van der Waals surface area contributed by atoms with Gasteiger partial charge in [0.25, 0.3) is 5.95 Å². The Balaban J connectivity index is 2.91. The van der Waals surface area contributed by atoms with Crippen LogP contribution < -0.4 is 0 Å². The van der Waals surface area contributed by atoms with Crippen molar-refractivity contribution in [3.63, 3.8) is 0 Å². The molecule has 0 aliphatic heterocycles. The van der Waals surface area contributed by atoms with Gasteiger partial charge in [-0.05, 0) is 18.8 Å². The smallest absolute Gasteiger partial charge is 0.242 e. The van der Waals surface area contributed by atoms with E-state index < -0.39 is 0 Å². The third-order valence-electron chi connectivity index (χ3n) is 1.44. The second kappa shape index (κ2) is 5.67. The number of aliphatic imine (C=N–C) groups is 1. The topological polar surface area (TPSA) is 43.1 Å². The summed E-state index contributed by atoms with van der Waals surface area (Å²) >= 11 is 4.77. The van der Waals surface area contributed by atoms with E-state index in [1.807, 2.05) is 25.8 Å². The van der Waals surface area contributed by atoms with Gasteiger partial charge in [-0.1, -0.05) is 11.8 Å². The van der Waals surface area contributed by atoms with Gasteiger partial charge in [-0.2, -0.15) is 9.98 Å². The largest absolute Gasteiger partial charge is 0.270 e. The second-order valence-electron chi connectivity index (χ2n) is 2.31. The molecule has 0 aliphatic rings. The summed E-state index contributed by atoms with van der Waals surface area (Å²) in [5.74, 6) is 0.538. The van der Waals surface area contributed by atoms with Gasteiger partial charge in [-0.15, -0.1) is 28.6 Å². The van der Waals surface area contributed by atoms with E-state index in [9.17, 15) is 0 Å². The zero-order valence-electron chi connectivity index (χ0n) is 8.51. The minimum atomic E-state index is 0.538. The lowest BCUT2D eigenvalue weighted by Crippen LogP contribution is -1.91. The number of aromatic nitrogens is 3. The molecular formula is C7H12N4S3. The highest BCUT2D eigenvalue weighted by Gasteiger charge is 2.05. The summed E-state index contributed by atoms with van der Waals surface area (Å²) in [4.78, 5) is 8.58. The van der Waals surface area contributed by atoms with Crippen LogP contribution in [0.15, 0.2) is 10.1 Å². The SMILES string of the molecule is CSC(=Nc1nc(SC)n(C)n1)SC. The molecule has 1 rings (SSSR count). The van der Waals surface area contributed by atoms with Gasteiger partial charge in [0.2, 0.25) is 0 Å². The van der Waals surface area contributed by atoms with E-state index in [0.717, 1.165) is 9.53 Å². The van der Waals surface area contributed by atoms with E-state index in [2.05, 4.69) is 15.1 Å². The zero-order chi connectivity index (χ0) is 10.6. The van der Waals surface area contributed by atoms with Crippen molar-refractivity contribution in [3.8, 4) is 0 Å². The van der Waals surface area contributed by atoms with Crippen LogP contribution in [0.25, 0.3) is 0 Å². The molecule has 14 heavy (non-hydrogen) atoms. The molecule has 0 spiro atoms. The van der Waals surface area contributed by atoms with Crippen molar-refractivity contribution in [3.05, 3.63) is 0 Å². The molecule has 1 aromatic heterocycles. The molecule has 78 valence electrons. The van der Waals surface area contributed by atoms with Crippen LogP contribution in [0.4, 0.5) is 5.95 Å². The van der Waals surface area contributed by atoms with E-state index in [1.165, 1.54) is 0 Å². The summed E-state index contributed by atoms with van der Waals surface area (Å²) in [5, 5.41) is 5.07. The van der Waals surface area contributed by atoms with Gasteiger partial charge in [0.05, 0.1) is 0 Å². The number of hydrogen-bond acceptors (Lipinski definition) is 6. The first-order valence-corrected chi connectivity index (χ1v) is 7.50. The van der Waals surface area contributed by atoms with E-state index in [1.54, 1.807) is 40.0 Å². The molecule has 0 saturated heterocycles. The first kappa shape index (κ1) is 11.9. The fourth-order valence-corrected chi connectivity index (χ4v) is 2.33. The molecule has 1 aromatic rings. The first-order valence-electron chi connectivity index (χ1n) is 3.83. The van der Waals surface area contributed by atoms with Crippen molar-refractivity contribution >= 4 is 45.6 Å². The molecule has 0 bridgehead atoms. The normalized spacial score (nSPS) is 10.3. The lowest BCUT2D eigenvalue weighted by atomic mass is 11.1. The third kappa shape index (κ3) is 2.93. The maximum Gasteiger partial charge on any atom is 0.270 e. The molecule has 7 heteroatoms. The molecule has 4 nitrogen and oxygen atoms in total. The van der Waals surface area contributed by atoms with Gasteiger partial charge in [-0.3, -0.25) is 0 Å². The maximum absolute atomic E-state index is 4.31. The van der Waals surface area contributed by atoms with E-state index >= 15 is 0 Å². The van der Waals surface area contributed by atoms with Crippen molar-refractivity contribution < 1.29 is 0 Å².